The van der Waals surface area contributed by atoms with Crippen molar-refractivity contribution in [3.8, 4) is 0 Å². The van der Waals surface area contributed by atoms with Crippen LogP contribution in [-0.4, -0.2) is 17.2 Å². The lowest BCUT2D eigenvalue weighted by atomic mass is 10.00. The van der Waals surface area contributed by atoms with Crippen LogP contribution in [0.5, 0.6) is 0 Å². The third-order valence-corrected chi connectivity index (χ3v) is 2.88. The summed E-state index contributed by atoms with van der Waals surface area (Å²) in [4.78, 5) is 4.31. The molecule has 0 spiro atoms. The minimum absolute atomic E-state index is 0.517. The van der Waals surface area contributed by atoms with Crippen molar-refractivity contribution in [2.75, 3.05) is 12.4 Å². The Morgan fingerprint density at radius 1 is 1.21 bits per heavy atom. The molecule has 4 heteroatoms. The second-order valence-corrected chi connectivity index (χ2v) is 3.90. The molecule has 1 aromatic heterocycles. The summed E-state index contributed by atoms with van der Waals surface area (Å²) in [6, 6.07) is 0.532. The van der Waals surface area contributed by atoms with E-state index in [2.05, 4.69) is 15.5 Å². The fourth-order valence-corrected chi connectivity index (χ4v) is 2.04. The van der Waals surface area contributed by atoms with Crippen LogP contribution in [0.3, 0.4) is 0 Å². The molecule has 1 heterocycles. The van der Waals surface area contributed by atoms with E-state index in [-0.39, 0.29) is 0 Å². The van der Waals surface area contributed by atoms with E-state index < -0.39 is 0 Å². The first kappa shape index (κ1) is 9.49. The highest BCUT2D eigenvalue weighted by molar-refractivity contribution is 5.17. The average Bonchev–Trinajstić information content (AvgIpc) is 2.53. The molecule has 1 aromatic rings. The number of aromatic nitrogens is 2. The van der Waals surface area contributed by atoms with Crippen molar-refractivity contribution < 1.29 is 4.52 Å². The summed E-state index contributed by atoms with van der Waals surface area (Å²) in [7, 11) is 1.80. The second-order valence-electron chi connectivity index (χ2n) is 3.90. The Balaban J connectivity index is 2.04. The maximum absolute atomic E-state index is 5.04. The highest BCUT2D eigenvalue weighted by Crippen LogP contribution is 2.30. The molecule has 0 aliphatic heterocycles. The van der Waals surface area contributed by atoms with Gasteiger partial charge in [-0.2, -0.15) is 4.98 Å². The van der Waals surface area contributed by atoms with Gasteiger partial charge in [-0.1, -0.05) is 30.8 Å². The topological polar surface area (TPSA) is 51.0 Å². The van der Waals surface area contributed by atoms with Crippen LogP contribution < -0.4 is 5.32 Å². The van der Waals surface area contributed by atoms with E-state index in [1.54, 1.807) is 7.05 Å². The molecule has 0 aromatic carbocycles. The number of rotatable bonds is 2. The van der Waals surface area contributed by atoms with E-state index in [4.69, 9.17) is 4.52 Å². The summed E-state index contributed by atoms with van der Waals surface area (Å²) >= 11 is 0. The number of nitrogens with one attached hydrogen (secondary N) is 1. The lowest BCUT2D eigenvalue weighted by Crippen LogP contribution is -1.99. The standard InChI is InChI=1S/C10H17N3O/c1-11-10-12-9(13-14-10)8-6-4-2-3-5-7-8/h8H,2-7H2,1H3,(H,11,12,13). The Morgan fingerprint density at radius 2 is 1.93 bits per heavy atom. The van der Waals surface area contributed by atoms with Crippen molar-refractivity contribution in [2.24, 2.45) is 0 Å². The van der Waals surface area contributed by atoms with Crippen LogP contribution in [0, 0.1) is 0 Å². The fourth-order valence-electron chi connectivity index (χ4n) is 2.04. The smallest absolute Gasteiger partial charge is 0.321 e. The van der Waals surface area contributed by atoms with Crippen molar-refractivity contribution >= 4 is 6.01 Å². The molecule has 0 atom stereocenters. The zero-order valence-electron chi connectivity index (χ0n) is 8.62. The Bertz CT molecular complexity index is 277. The highest BCUT2D eigenvalue weighted by atomic mass is 16.5. The van der Waals surface area contributed by atoms with Crippen LogP contribution >= 0.6 is 0 Å². The van der Waals surface area contributed by atoms with E-state index in [9.17, 15) is 0 Å². The monoisotopic (exact) mass is 195 g/mol. The molecule has 1 saturated carbocycles. The van der Waals surface area contributed by atoms with Gasteiger partial charge in [0.25, 0.3) is 0 Å². The van der Waals surface area contributed by atoms with E-state index >= 15 is 0 Å². The lowest BCUT2D eigenvalue weighted by molar-refractivity contribution is 0.411. The summed E-state index contributed by atoms with van der Waals surface area (Å²) in [6.07, 6.45) is 7.73. The Kier molecular flexibility index (Phi) is 3.01. The van der Waals surface area contributed by atoms with Crippen molar-refractivity contribution in [2.45, 2.75) is 44.4 Å². The lowest BCUT2D eigenvalue weighted by Gasteiger charge is -2.07. The zero-order valence-corrected chi connectivity index (χ0v) is 8.62. The van der Waals surface area contributed by atoms with Crippen LogP contribution in [0.4, 0.5) is 6.01 Å². The first-order chi connectivity index (χ1) is 6.90. The molecule has 0 saturated heterocycles. The molecule has 1 aliphatic rings. The largest absolute Gasteiger partial charge is 0.341 e. The van der Waals surface area contributed by atoms with Gasteiger partial charge in [-0.25, -0.2) is 0 Å². The van der Waals surface area contributed by atoms with E-state index in [0.29, 0.717) is 11.9 Å². The van der Waals surface area contributed by atoms with Crippen molar-refractivity contribution in [3.63, 3.8) is 0 Å². The quantitative estimate of drug-likeness (QED) is 0.737. The SMILES string of the molecule is CNc1nc(C2CCCCCC2)no1. The number of anilines is 1. The first-order valence-corrected chi connectivity index (χ1v) is 5.41. The van der Waals surface area contributed by atoms with Crippen LogP contribution in [-0.2, 0) is 0 Å². The van der Waals surface area contributed by atoms with Gasteiger partial charge in [0.2, 0.25) is 0 Å². The maximum Gasteiger partial charge on any atom is 0.321 e. The van der Waals surface area contributed by atoms with Crippen LogP contribution in [0.15, 0.2) is 4.52 Å². The molecule has 0 unspecified atom stereocenters. The van der Waals surface area contributed by atoms with Crippen molar-refractivity contribution in [1.82, 2.24) is 10.1 Å². The molecule has 78 valence electrons. The van der Waals surface area contributed by atoms with Crippen molar-refractivity contribution in [1.29, 1.82) is 0 Å². The zero-order chi connectivity index (χ0) is 9.80. The molecule has 4 nitrogen and oxygen atoms in total. The fraction of sp³-hybridized carbons (Fsp3) is 0.800. The number of hydrogen-bond donors (Lipinski definition) is 1. The summed E-state index contributed by atoms with van der Waals surface area (Å²) in [6.45, 7) is 0. The molecule has 14 heavy (non-hydrogen) atoms. The molecule has 1 aliphatic carbocycles. The third-order valence-electron chi connectivity index (χ3n) is 2.88. The van der Waals surface area contributed by atoms with Gasteiger partial charge in [0.1, 0.15) is 0 Å². The van der Waals surface area contributed by atoms with Gasteiger partial charge in [0.15, 0.2) is 5.82 Å². The van der Waals surface area contributed by atoms with E-state index in [1.807, 2.05) is 0 Å². The first-order valence-electron chi connectivity index (χ1n) is 5.41. The summed E-state index contributed by atoms with van der Waals surface area (Å²) in [5, 5.41) is 6.87. The van der Waals surface area contributed by atoms with Gasteiger partial charge in [0, 0.05) is 13.0 Å². The minimum Gasteiger partial charge on any atom is -0.341 e. The Hall–Kier alpha value is -1.06. The second kappa shape index (κ2) is 4.44. The molecular weight excluding hydrogens is 178 g/mol. The summed E-state index contributed by atoms with van der Waals surface area (Å²) < 4.78 is 5.04. The van der Waals surface area contributed by atoms with E-state index in [1.165, 1.54) is 38.5 Å². The molecule has 0 bridgehead atoms. The summed E-state index contributed by atoms with van der Waals surface area (Å²) in [5.74, 6) is 1.40. The predicted octanol–water partition coefficient (Wildman–Crippen LogP) is 2.55. The predicted molar refractivity (Wildman–Crippen MR) is 54.3 cm³/mol. The van der Waals surface area contributed by atoms with Crippen molar-refractivity contribution in [3.05, 3.63) is 5.82 Å². The normalized spacial score (nSPS) is 19.2. The Labute approximate surface area is 84.1 Å². The van der Waals surface area contributed by atoms with Gasteiger partial charge in [-0.3, -0.25) is 0 Å². The summed E-state index contributed by atoms with van der Waals surface area (Å²) in [5.41, 5.74) is 0. The molecule has 1 fully saturated rings. The van der Waals surface area contributed by atoms with Crippen LogP contribution in [0.2, 0.25) is 0 Å². The van der Waals surface area contributed by atoms with Gasteiger partial charge in [0.05, 0.1) is 0 Å². The minimum atomic E-state index is 0.517. The molecular formula is C10H17N3O. The molecule has 2 rings (SSSR count). The van der Waals surface area contributed by atoms with Gasteiger partial charge in [-0.05, 0) is 12.8 Å². The third kappa shape index (κ3) is 2.05. The molecule has 0 radical (unpaired) electrons. The van der Waals surface area contributed by atoms with Gasteiger partial charge >= 0.3 is 6.01 Å². The average molecular weight is 195 g/mol. The van der Waals surface area contributed by atoms with E-state index in [0.717, 1.165) is 5.82 Å². The molecule has 1 N–H and O–H groups in total. The Morgan fingerprint density at radius 3 is 2.50 bits per heavy atom. The van der Waals surface area contributed by atoms with Gasteiger partial charge in [-0.15, -0.1) is 0 Å². The number of nitrogens with zero attached hydrogens (tertiary/aromatic N) is 2. The van der Waals surface area contributed by atoms with Gasteiger partial charge < -0.3 is 9.84 Å². The maximum atomic E-state index is 5.04. The van der Waals surface area contributed by atoms with Crippen LogP contribution in [0.1, 0.15) is 50.3 Å². The molecule has 0 amide bonds. The van der Waals surface area contributed by atoms with Crippen LogP contribution in [0.25, 0.3) is 0 Å². The number of hydrogen-bond acceptors (Lipinski definition) is 4. The highest BCUT2D eigenvalue weighted by Gasteiger charge is 2.19.